The second-order valence-electron chi connectivity index (χ2n) is 5.58. The molecule has 0 unspecified atom stereocenters. The van der Waals surface area contributed by atoms with E-state index in [0.29, 0.717) is 11.4 Å². The van der Waals surface area contributed by atoms with Gasteiger partial charge in [0, 0.05) is 18.7 Å². The van der Waals surface area contributed by atoms with Crippen molar-refractivity contribution in [1.29, 1.82) is 0 Å². The van der Waals surface area contributed by atoms with Crippen LogP contribution in [0.25, 0.3) is 0 Å². The number of carbonyl (C=O) groups is 1. The summed E-state index contributed by atoms with van der Waals surface area (Å²) in [7, 11) is 1.51. The minimum Gasteiger partial charge on any atom is -0.384 e. The molecule has 0 saturated carbocycles. The number of aromatic nitrogens is 2. The minimum atomic E-state index is -0.856. The van der Waals surface area contributed by atoms with E-state index in [2.05, 4.69) is 9.97 Å². The first-order chi connectivity index (χ1) is 9.34. The van der Waals surface area contributed by atoms with Crippen LogP contribution < -0.4 is 0 Å². The zero-order valence-electron chi connectivity index (χ0n) is 12.4. The highest BCUT2D eigenvalue weighted by Gasteiger charge is 2.22. The van der Waals surface area contributed by atoms with Crippen molar-refractivity contribution in [3.8, 4) is 0 Å². The molecule has 112 valence electrons. The highest BCUT2D eigenvalue weighted by Crippen LogP contribution is 2.17. The number of rotatable bonds is 7. The molecule has 1 rings (SSSR count). The summed E-state index contributed by atoms with van der Waals surface area (Å²) in [5, 5.41) is 9.80. The monoisotopic (exact) mass is 282 g/mol. The number of hydrogen-bond acceptors (Lipinski definition) is 6. The molecule has 0 spiro atoms. The van der Waals surface area contributed by atoms with Gasteiger partial charge in [-0.2, -0.15) is 0 Å². The Morgan fingerprint density at radius 1 is 1.35 bits per heavy atom. The third-order valence-electron chi connectivity index (χ3n) is 2.72. The highest BCUT2D eigenvalue weighted by atomic mass is 16.7. The summed E-state index contributed by atoms with van der Waals surface area (Å²) in [4.78, 5) is 20.1. The second kappa shape index (κ2) is 7.42. The first-order valence-corrected chi connectivity index (χ1v) is 6.43. The normalized spacial score (nSPS) is 13.2. The quantitative estimate of drug-likeness (QED) is 0.599. The summed E-state index contributed by atoms with van der Waals surface area (Å²) < 4.78 is 9.76. The van der Waals surface area contributed by atoms with Gasteiger partial charge >= 0.3 is 0 Å². The molecule has 0 fully saturated rings. The first kappa shape index (κ1) is 16.7. The van der Waals surface area contributed by atoms with E-state index in [1.54, 1.807) is 0 Å². The molecule has 1 N–H and O–H groups in total. The Hall–Kier alpha value is -1.37. The summed E-state index contributed by atoms with van der Waals surface area (Å²) in [6, 6.07) is 0. The topological polar surface area (TPSA) is 81.5 Å². The smallest absolute Gasteiger partial charge is 0.146 e. The van der Waals surface area contributed by atoms with Crippen molar-refractivity contribution >= 4 is 5.78 Å². The van der Waals surface area contributed by atoms with Crippen LogP contribution in [0.4, 0.5) is 0 Å². The molecule has 0 saturated heterocycles. The van der Waals surface area contributed by atoms with E-state index in [-0.39, 0.29) is 25.6 Å². The molecule has 0 aliphatic carbocycles. The molecule has 1 aromatic heterocycles. The van der Waals surface area contributed by atoms with E-state index in [9.17, 15) is 9.90 Å². The number of aliphatic hydroxyl groups is 1. The van der Waals surface area contributed by atoms with Crippen molar-refractivity contribution in [2.24, 2.45) is 5.41 Å². The Bertz CT molecular complexity index is 426. The van der Waals surface area contributed by atoms with Crippen LogP contribution in [-0.2, 0) is 20.7 Å². The molecule has 0 aliphatic heterocycles. The van der Waals surface area contributed by atoms with Crippen molar-refractivity contribution < 1.29 is 19.4 Å². The van der Waals surface area contributed by atoms with Crippen LogP contribution in [0.3, 0.4) is 0 Å². The zero-order chi connectivity index (χ0) is 15.2. The molecule has 20 heavy (non-hydrogen) atoms. The second-order valence-corrected chi connectivity index (χ2v) is 5.58. The van der Waals surface area contributed by atoms with Crippen LogP contribution in [0.1, 0.15) is 38.3 Å². The largest absolute Gasteiger partial charge is 0.384 e. The molecule has 6 heteroatoms. The SMILES string of the molecule is COCOC[C@@H](O)c1cnc(CC(=O)C(C)(C)C)cn1. The molecule has 1 aromatic rings. The lowest BCUT2D eigenvalue weighted by molar-refractivity contribution is -0.125. The molecule has 0 aliphatic rings. The van der Waals surface area contributed by atoms with Crippen molar-refractivity contribution in [2.45, 2.75) is 33.3 Å². The van der Waals surface area contributed by atoms with Crippen molar-refractivity contribution in [3.05, 3.63) is 23.8 Å². The number of ether oxygens (including phenoxy) is 2. The Kier molecular flexibility index (Phi) is 6.19. The number of carbonyl (C=O) groups excluding carboxylic acids is 1. The molecular formula is C14H22N2O4. The summed E-state index contributed by atoms with van der Waals surface area (Å²) >= 11 is 0. The summed E-state index contributed by atoms with van der Waals surface area (Å²) in [5.74, 6) is 0.100. The molecule has 1 heterocycles. The van der Waals surface area contributed by atoms with Crippen molar-refractivity contribution in [1.82, 2.24) is 9.97 Å². The molecule has 0 amide bonds. The number of ketones is 1. The van der Waals surface area contributed by atoms with Gasteiger partial charge in [-0.1, -0.05) is 20.8 Å². The van der Waals surface area contributed by atoms with E-state index in [1.165, 1.54) is 19.5 Å². The average Bonchev–Trinajstić information content (AvgIpc) is 2.38. The van der Waals surface area contributed by atoms with Gasteiger partial charge in [0.2, 0.25) is 0 Å². The molecule has 1 atom stereocenters. The van der Waals surface area contributed by atoms with Gasteiger partial charge in [-0.25, -0.2) is 0 Å². The van der Waals surface area contributed by atoms with Crippen LogP contribution >= 0.6 is 0 Å². The van der Waals surface area contributed by atoms with E-state index in [0.717, 1.165) is 0 Å². The average molecular weight is 282 g/mol. The number of Topliss-reactive ketones (excluding diaryl/α,β-unsaturated/α-hetero) is 1. The lowest BCUT2D eigenvalue weighted by atomic mass is 9.88. The Morgan fingerprint density at radius 3 is 2.55 bits per heavy atom. The van der Waals surface area contributed by atoms with E-state index in [1.807, 2.05) is 20.8 Å². The predicted octanol–water partition coefficient (Wildman–Crippen LogP) is 1.29. The molecule has 0 bridgehead atoms. The summed E-state index contributed by atoms with van der Waals surface area (Å²) in [6.45, 7) is 5.81. The third-order valence-corrected chi connectivity index (χ3v) is 2.72. The molecule has 0 radical (unpaired) electrons. The fraction of sp³-hybridized carbons (Fsp3) is 0.643. The number of aliphatic hydroxyl groups excluding tert-OH is 1. The number of methoxy groups -OCH3 is 1. The van der Waals surface area contributed by atoms with Crippen LogP contribution in [-0.4, -0.2) is 41.4 Å². The van der Waals surface area contributed by atoms with E-state index < -0.39 is 11.5 Å². The maximum Gasteiger partial charge on any atom is 0.146 e. The van der Waals surface area contributed by atoms with E-state index in [4.69, 9.17) is 9.47 Å². The third kappa shape index (κ3) is 5.32. The van der Waals surface area contributed by atoms with Gasteiger partial charge < -0.3 is 14.6 Å². The van der Waals surface area contributed by atoms with Gasteiger partial charge in [0.25, 0.3) is 0 Å². The Labute approximate surface area is 119 Å². The molecule has 6 nitrogen and oxygen atoms in total. The van der Waals surface area contributed by atoms with Gasteiger partial charge in [0.05, 0.1) is 30.6 Å². The fourth-order valence-corrected chi connectivity index (χ4v) is 1.39. The maximum atomic E-state index is 11.9. The maximum absolute atomic E-state index is 11.9. The first-order valence-electron chi connectivity index (χ1n) is 6.43. The molecule has 0 aromatic carbocycles. The van der Waals surface area contributed by atoms with Crippen LogP contribution in [0, 0.1) is 5.41 Å². The van der Waals surface area contributed by atoms with Gasteiger partial charge in [-0.15, -0.1) is 0 Å². The lowest BCUT2D eigenvalue weighted by Gasteiger charge is -2.16. The van der Waals surface area contributed by atoms with E-state index >= 15 is 0 Å². The summed E-state index contributed by atoms with van der Waals surface area (Å²) in [6.07, 6.45) is 2.36. The van der Waals surface area contributed by atoms with Gasteiger partial charge in [-0.05, 0) is 0 Å². The predicted molar refractivity (Wildman–Crippen MR) is 73.0 cm³/mol. The lowest BCUT2D eigenvalue weighted by Crippen LogP contribution is -2.22. The summed E-state index contributed by atoms with van der Waals surface area (Å²) in [5.41, 5.74) is 0.611. The molecular weight excluding hydrogens is 260 g/mol. The van der Waals surface area contributed by atoms with Gasteiger partial charge in [-0.3, -0.25) is 14.8 Å². The van der Waals surface area contributed by atoms with Crippen LogP contribution in [0.2, 0.25) is 0 Å². The Balaban J connectivity index is 2.58. The van der Waals surface area contributed by atoms with Crippen molar-refractivity contribution in [2.75, 3.05) is 20.5 Å². The van der Waals surface area contributed by atoms with Gasteiger partial charge in [0.1, 0.15) is 18.7 Å². The Morgan fingerprint density at radius 2 is 2.05 bits per heavy atom. The fourth-order valence-electron chi connectivity index (χ4n) is 1.39. The standard InChI is InChI=1S/C14H22N2O4/c1-14(2,3)13(18)5-10-6-16-11(7-15-10)12(17)8-20-9-19-4/h6-7,12,17H,5,8-9H2,1-4H3/t12-/m1/s1. The van der Waals surface area contributed by atoms with Crippen LogP contribution in [0.5, 0.6) is 0 Å². The van der Waals surface area contributed by atoms with Crippen molar-refractivity contribution in [3.63, 3.8) is 0 Å². The van der Waals surface area contributed by atoms with Crippen LogP contribution in [0.15, 0.2) is 12.4 Å². The number of hydrogen-bond donors (Lipinski definition) is 1. The number of nitrogens with zero attached hydrogens (tertiary/aromatic N) is 2. The van der Waals surface area contributed by atoms with Gasteiger partial charge in [0.15, 0.2) is 0 Å². The zero-order valence-corrected chi connectivity index (χ0v) is 12.4. The minimum absolute atomic E-state index is 0.0861. The highest BCUT2D eigenvalue weighted by molar-refractivity contribution is 5.85.